The van der Waals surface area contributed by atoms with Gasteiger partial charge in [0.05, 0.1) is 24.6 Å². The van der Waals surface area contributed by atoms with Crippen LogP contribution in [-0.2, 0) is 19.1 Å². The van der Waals surface area contributed by atoms with Crippen LogP contribution in [-0.4, -0.2) is 220 Å². The van der Waals surface area contributed by atoms with Crippen LogP contribution in [0.5, 0.6) is 0 Å². The number of allylic oxidation sites excluding steroid dienone is 1. The van der Waals surface area contributed by atoms with E-state index in [-0.39, 0.29) is 103 Å². The molecular weight excluding hydrogens is 1080 g/mol. The number of likely N-dealkylation sites (tertiary alicyclic amines) is 6. The zero-order chi connectivity index (χ0) is 64.5. The molecular formula is C68H128N14O4. The van der Waals surface area contributed by atoms with Crippen LogP contribution >= 0.6 is 0 Å². The monoisotopic (exact) mass is 1210 g/mol. The van der Waals surface area contributed by atoms with Gasteiger partial charge in [0, 0.05) is 117 Å². The second kappa shape index (κ2) is 22.9. The molecule has 6 saturated heterocycles. The molecule has 8 aliphatic heterocycles. The van der Waals surface area contributed by atoms with Crippen molar-refractivity contribution in [1.29, 1.82) is 0 Å². The van der Waals surface area contributed by atoms with Crippen LogP contribution in [0.3, 0.4) is 0 Å². The number of nitrogens with one attached hydrogen (secondary N) is 2. The Kier molecular flexibility index (Phi) is 18.3. The minimum atomic E-state index is -0.112. The maximum absolute atomic E-state index is 7.60. The van der Waals surface area contributed by atoms with Gasteiger partial charge in [-0.15, -0.1) is 5.10 Å². The van der Waals surface area contributed by atoms with Crippen LogP contribution in [0.2, 0.25) is 0 Å². The van der Waals surface area contributed by atoms with Crippen molar-refractivity contribution < 1.29 is 19.1 Å². The molecule has 494 valence electrons. The number of ether oxygens (including phenoxy) is 2. The summed E-state index contributed by atoms with van der Waals surface area (Å²) in [7, 11) is 13.6. The van der Waals surface area contributed by atoms with Gasteiger partial charge >= 0.3 is 0 Å². The standard InChI is InChI=1S/C68H128N14O4/c1-57(2)33-47(34-58(3,4)73(57)25)79(53-45-69-81(85-51-41-65(17,18)77(29)66(19,20)42-51)71-55(53)83-49-37-61(9,10)75(27)62(11,12)38-49)31-32-80(48-35-59(5,6)74(26)60(7,8)36-48)54-46-70-82(86-52-43-67(21,22)78(30)68(23,24)44-52)72-56(54)84-50-39-63(13,14)76(28)64(15,16)40-50/h45-52,69,72H,31-44H2,1-30H3. The zero-order valence-electron chi connectivity index (χ0n) is 60.5. The lowest BCUT2D eigenvalue weighted by Crippen LogP contribution is -2.64. The van der Waals surface area contributed by atoms with Crippen molar-refractivity contribution in [2.45, 2.75) is 346 Å². The number of hydrogen-bond donors (Lipinski definition) is 2. The highest BCUT2D eigenvalue weighted by Gasteiger charge is 2.53. The van der Waals surface area contributed by atoms with E-state index in [1.54, 1.807) is 10.6 Å². The van der Waals surface area contributed by atoms with Gasteiger partial charge < -0.3 is 19.3 Å². The third-order valence-electron chi connectivity index (χ3n) is 24.2. The summed E-state index contributed by atoms with van der Waals surface area (Å²) in [6.07, 6.45) is 14.6. The SMILES string of the molecule is CN1C(C)(C)CC(OC2=NN(OC3CC(C)(C)N(C)C(C)(C)C3)NC=C2N(CCN(C2=C(OC3CC(C)(C)N(C)C(C)(C)C3)NN(OC3CC(C)(C)N(C)C(C)(C)C3)N=C2)C2CC(C)(C)N(C)C(C)(C)C2)C2CC(C)(C)N(C)C(C)(C)C2)CC1(C)C. The summed E-state index contributed by atoms with van der Waals surface area (Å²) in [6, 6.07) is 0.245. The fourth-order valence-electron chi connectivity index (χ4n) is 17.7. The highest BCUT2D eigenvalue weighted by molar-refractivity contribution is 5.93. The molecule has 0 aliphatic carbocycles. The lowest BCUT2D eigenvalue weighted by atomic mass is 9.76. The summed E-state index contributed by atoms with van der Waals surface area (Å²) in [4.78, 5) is 34.6. The highest BCUT2D eigenvalue weighted by Crippen LogP contribution is 2.47. The van der Waals surface area contributed by atoms with Gasteiger partial charge in [0.1, 0.15) is 23.6 Å². The van der Waals surface area contributed by atoms with Gasteiger partial charge in [-0.1, -0.05) is 15.7 Å². The van der Waals surface area contributed by atoms with Crippen molar-refractivity contribution in [2.24, 2.45) is 10.2 Å². The first-order chi connectivity index (χ1) is 38.9. The quantitative estimate of drug-likeness (QED) is 0.172. The molecule has 2 N–H and O–H groups in total. The van der Waals surface area contributed by atoms with Gasteiger partial charge in [-0.3, -0.25) is 34.8 Å². The van der Waals surface area contributed by atoms with Gasteiger partial charge in [0.2, 0.25) is 5.88 Å². The van der Waals surface area contributed by atoms with Gasteiger partial charge in [0.25, 0.3) is 5.90 Å². The Morgan fingerprint density at radius 3 is 1.05 bits per heavy atom. The predicted octanol–water partition coefficient (Wildman–Crippen LogP) is 11.3. The van der Waals surface area contributed by atoms with E-state index < -0.39 is 0 Å². The first kappa shape index (κ1) is 68.8. The topological polar surface area (TPSA) is 118 Å². The minimum absolute atomic E-state index is 0.0699. The Bertz CT molecular complexity index is 2450. The van der Waals surface area contributed by atoms with E-state index >= 15 is 0 Å². The molecule has 6 fully saturated rings. The molecule has 0 saturated carbocycles. The Hall–Kier alpha value is -3.10. The summed E-state index contributed by atoms with van der Waals surface area (Å²) in [6.45, 7) is 58.1. The molecule has 8 heterocycles. The molecule has 18 heteroatoms. The second-order valence-corrected chi connectivity index (χ2v) is 35.9. The highest BCUT2D eigenvalue weighted by atomic mass is 16.8. The van der Waals surface area contributed by atoms with E-state index in [0.29, 0.717) is 24.9 Å². The van der Waals surface area contributed by atoms with Crippen LogP contribution in [0.4, 0.5) is 0 Å². The predicted molar refractivity (Wildman–Crippen MR) is 352 cm³/mol. The molecule has 0 unspecified atom stereocenters. The van der Waals surface area contributed by atoms with Crippen LogP contribution in [0.15, 0.2) is 33.7 Å². The van der Waals surface area contributed by atoms with Gasteiger partial charge in [0.15, 0.2) is 0 Å². The maximum atomic E-state index is 7.60. The Labute approximate surface area is 524 Å². The molecule has 0 aromatic carbocycles. The smallest absolute Gasteiger partial charge is 0.261 e. The van der Waals surface area contributed by atoms with E-state index in [1.165, 1.54) is 0 Å². The van der Waals surface area contributed by atoms with Crippen LogP contribution in [0, 0.1) is 0 Å². The number of piperidine rings is 6. The zero-order valence-corrected chi connectivity index (χ0v) is 60.5. The third kappa shape index (κ3) is 14.0. The summed E-state index contributed by atoms with van der Waals surface area (Å²) in [5, 5.41) is 13.9. The number of rotatable bonds is 14. The number of hydrazine groups is 2. The number of hydrogen-bond acceptors (Lipinski definition) is 18. The Morgan fingerprint density at radius 2 is 0.686 bits per heavy atom. The average Bonchev–Trinajstić information content (AvgIpc) is 1.94. The van der Waals surface area contributed by atoms with E-state index in [2.05, 4.69) is 271 Å². The molecule has 8 aliphatic rings. The first-order valence-electron chi connectivity index (χ1n) is 33.3. The van der Waals surface area contributed by atoms with Crippen molar-refractivity contribution in [3.05, 3.63) is 23.5 Å². The van der Waals surface area contributed by atoms with Crippen LogP contribution in [0.25, 0.3) is 0 Å². The van der Waals surface area contributed by atoms with E-state index in [0.717, 1.165) is 88.4 Å². The lowest BCUT2D eigenvalue weighted by Gasteiger charge is -2.57. The van der Waals surface area contributed by atoms with E-state index in [4.69, 9.17) is 29.4 Å². The molecule has 18 nitrogen and oxygen atoms in total. The molecule has 8 rings (SSSR count). The van der Waals surface area contributed by atoms with Crippen LogP contribution in [0.1, 0.15) is 243 Å². The van der Waals surface area contributed by atoms with Crippen molar-refractivity contribution in [2.75, 3.05) is 55.4 Å². The molecule has 86 heavy (non-hydrogen) atoms. The summed E-state index contributed by atoms with van der Waals surface area (Å²) >= 11 is 0. The molecule has 0 bridgehead atoms. The second-order valence-electron chi connectivity index (χ2n) is 35.9. The fraction of sp³-hybridized carbons (Fsp3) is 0.912. The molecule has 0 amide bonds. The Morgan fingerprint density at radius 1 is 0.395 bits per heavy atom. The average molecular weight is 1210 g/mol. The van der Waals surface area contributed by atoms with Gasteiger partial charge in [-0.2, -0.15) is 0 Å². The fourth-order valence-corrected chi connectivity index (χ4v) is 17.7. The van der Waals surface area contributed by atoms with Gasteiger partial charge in [-0.05, 0) is 260 Å². The summed E-state index contributed by atoms with van der Waals surface area (Å²) in [5.74, 6) is 1.30. The van der Waals surface area contributed by atoms with Crippen LogP contribution < -0.4 is 10.9 Å². The molecule has 0 radical (unpaired) electrons. The largest absolute Gasteiger partial charge is 0.473 e. The van der Waals surface area contributed by atoms with Gasteiger partial charge in [-0.25, -0.2) is 15.1 Å². The molecule has 0 spiro atoms. The summed E-state index contributed by atoms with van der Waals surface area (Å²) < 4.78 is 15.2. The lowest BCUT2D eigenvalue weighted by molar-refractivity contribution is -0.259. The normalized spacial score (nSPS) is 30.1. The molecule has 0 atom stereocenters. The van der Waals surface area contributed by atoms with Crippen molar-refractivity contribution in [3.63, 3.8) is 0 Å². The van der Waals surface area contributed by atoms with Crippen molar-refractivity contribution in [1.82, 2.24) is 60.6 Å². The summed E-state index contributed by atoms with van der Waals surface area (Å²) in [5.41, 5.74) is 8.13. The third-order valence-corrected chi connectivity index (χ3v) is 24.2. The van der Waals surface area contributed by atoms with E-state index in [9.17, 15) is 0 Å². The van der Waals surface area contributed by atoms with E-state index in [1.807, 2.05) is 0 Å². The molecule has 0 aromatic heterocycles. The number of nitrogens with zero attached hydrogens (tertiary/aromatic N) is 12. The Balaban J connectivity index is 1.25. The maximum Gasteiger partial charge on any atom is 0.261 e. The minimum Gasteiger partial charge on any atom is -0.473 e. The van der Waals surface area contributed by atoms with Crippen molar-refractivity contribution in [3.8, 4) is 0 Å². The molecule has 0 aromatic rings. The van der Waals surface area contributed by atoms with Crippen molar-refractivity contribution >= 4 is 12.1 Å². The first-order valence-corrected chi connectivity index (χ1v) is 33.3. The number of hydrazone groups is 2.